The lowest BCUT2D eigenvalue weighted by Crippen LogP contribution is -2.31. The first kappa shape index (κ1) is 18.6. The SMILES string of the molecule is Cc1cc2c(c3c1C(=O)/C(=C/c1ccccc1Br)O3)CN(Cc1cccs1)CO2. The smallest absolute Gasteiger partial charge is 0.232 e. The number of thiophene rings is 1. The Morgan fingerprint density at radius 2 is 2.10 bits per heavy atom. The van der Waals surface area contributed by atoms with Gasteiger partial charge >= 0.3 is 0 Å². The summed E-state index contributed by atoms with van der Waals surface area (Å²) < 4.78 is 13.1. The first-order chi connectivity index (χ1) is 14.1. The molecule has 4 nitrogen and oxygen atoms in total. The van der Waals surface area contributed by atoms with Gasteiger partial charge in [0.1, 0.15) is 18.2 Å². The molecule has 0 N–H and O–H groups in total. The highest BCUT2D eigenvalue weighted by Crippen LogP contribution is 2.44. The lowest BCUT2D eigenvalue weighted by Gasteiger charge is -2.29. The molecule has 1 aromatic heterocycles. The van der Waals surface area contributed by atoms with Crippen molar-refractivity contribution in [3.05, 3.63) is 85.2 Å². The van der Waals surface area contributed by atoms with Crippen molar-refractivity contribution in [1.29, 1.82) is 0 Å². The second-order valence-electron chi connectivity index (χ2n) is 7.18. The maximum atomic E-state index is 13.1. The second-order valence-corrected chi connectivity index (χ2v) is 9.06. The molecule has 3 heterocycles. The Bertz CT molecular complexity index is 1140. The number of benzene rings is 2. The Balaban J connectivity index is 1.50. The molecule has 29 heavy (non-hydrogen) atoms. The van der Waals surface area contributed by atoms with Crippen molar-refractivity contribution >= 4 is 39.1 Å². The molecule has 0 amide bonds. The van der Waals surface area contributed by atoms with E-state index in [-0.39, 0.29) is 5.78 Å². The van der Waals surface area contributed by atoms with E-state index in [0.717, 1.165) is 33.5 Å². The maximum absolute atomic E-state index is 13.1. The van der Waals surface area contributed by atoms with Crippen LogP contribution in [-0.2, 0) is 13.1 Å². The predicted molar refractivity (Wildman–Crippen MR) is 117 cm³/mol. The van der Waals surface area contributed by atoms with Gasteiger partial charge in [-0.1, -0.05) is 40.2 Å². The van der Waals surface area contributed by atoms with Crippen LogP contribution >= 0.6 is 27.3 Å². The van der Waals surface area contributed by atoms with Crippen molar-refractivity contribution in [2.75, 3.05) is 6.73 Å². The van der Waals surface area contributed by atoms with Crippen molar-refractivity contribution in [2.24, 2.45) is 0 Å². The highest BCUT2D eigenvalue weighted by Gasteiger charge is 2.35. The van der Waals surface area contributed by atoms with Crippen LogP contribution < -0.4 is 9.47 Å². The van der Waals surface area contributed by atoms with E-state index in [2.05, 4.69) is 38.3 Å². The molecule has 2 aliphatic rings. The zero-order valence-corrected chi connectivity index (χ0v) is 18.2. The molecule has 146 valence electrons. The van der Waals surface area contributed by atoms with Crippen molar-refractivity contribution < 1.29 is 14.3 Å². The zero-order chi connectivity index (χ0) is 20.0. The average Bonchev–Trinajstić information content (AvgIpc) is 3.33. The Hall–Kier alpha value is -2.41. The highest BCUT2D eigenvalue weighted by atomic mass is 79.9. The highest BCUT2D eigenvalue weighted by molar-refractivity contribution is 9.10. The number of rotatable bonds is 3. The Kier molecular flexibility index (Phi) is 4.78. The summed E-state index contributed by atoms with van der Waals surface area (Å²) in [4.78, 5) is 16.6. The van der Waals surface area contributed by atoms with Crippen LogP contribution in [0, 0.1) is 6.92 Å². The molecular formula is C23H18BrNO3S. The van der Waals surface area contributed by atoms with Crippen LogP contribution in [0.1, 0.15) is 31.9 Å². The molecule has 0 aliphatic carbocycles. The number of Topliss-reactive ketones (excluding diaryl/α,β-unsaturated/α-hetero) is 1. The molecular weight excluding hydrogens is 450 g/mol. The molecule has 2 aliphatic heterocycles. The first-order valence-corrected chi connectivity index (χ1v) is 11.0. The normalized spacial score (nSPS) is 17.0. The third kappa shape index (κ3) is 3.41. The number of allylic oxidation sites excluding steroid dienone is 1. The summed E-state index contributed by atoms with van der Waals surface area (Å²) in [5, 5.41) is 2.08. The molecule has 0 atom stereocenters. The fraction of sp³-hybridized carbons (Fsp3) is 0.174. The van der Waals surface area contributed by atoms with Gasteiger partial charge in [0.05, 0.1) is 11.1 Å². The van der Waals surface area contributed by atoms with E-state index >= 15 is 0 Å². The molecule has 0 unspecified atom stereocenters. The number of ketones is 1. The fourth-order valence-corrected chi connectivity index (χ4v) is 4.88. The summed E-state index contributed by atoms with van der Waals surface area (Å²) in [7, 11) is 0. The van der Waals surface area contributed by atoms with E-state index in [9.17, 15) is 4.79 Å². The third-order valence-electron chi connectivity index (χ3n) is 5.14. The van der Waals surface area contributed by atoms with Crippen molar-refractivity contribution in [2.45, 2.75) is 20.0 Å². The summed E-state index contributed by atoms with van der Waals surface area (Å²) in [6, 6.07) is 13.9. The van der Waals surface area contributed by atoms with Gasteiger partial charge in [-0.15, -0.1) is 11.3 Å². The lowest BCUT2D eigenvalue weighted by molar-refractivity contribution is 0.0881. The number of hydrogen-bond acceptors (Lipinski definition) is 5. The fourth-order valence-electron chi connectivity index (χ4n) is 3.73. The largest absolute Gasteiger partial charge is 0.478 e. The number of carbonyl (C=O) groups is 1. The molecule has 5 rings (SSSR count). The van der Waals surface area contributed by atoms with Crippen molar-refractivity contribution in [1.82, 2.24) is 4.90 Å². The summed E-state index contributed by atoms with van der Waals surface area (Å²) in [5.41, 5.74) is 3.37. The monoisotopic (exact) mass is 467 g/mol. The molecule has 3 aromatic rings. The molecule has 0 bridgehead atoms. The van der Waals surface area contributed by atoms with Crippen LogP contribution in [0.5, 0.6) is 11.5 Å². The van der Waals surface area contributed by atoms with Gasteiger partial charge in [-0.2, -0.15) is 0 Å². The molecule has 0 fully saturated rings. The zero-order valence-electron chi connectivity index (χ0n) is 15.8. The minimum atomic E-state index is -0.0774. The molecule has 0 radical (unpaired) electrons. The maximum Gasteiger partial charge on any atom is 0.232 e. The van der Waals surface area contributed by atoms with E-state index in [1.54, 1.807) is 17.4 Å². The van der Waals surface area contributed by atoms with Crippen LogP contribution in [0.15, 0.2) is 58.1 Å². The van der Waals surface area contributed by atoms with E-state index in [0.29, 0.717) is 30.3 Å². The number of nitrogens with zero attached hydrogens (tertiary/aromatic N) is 1. The number of aryl methyl sites for hydroxylation is 1. The minimum absolute atomic E-state index is 0.0774. The van der Waals surface area contributed by atoms with Gasteiger partial charge in [0.2, 0.25) is 5.78 Å². The standard InChI is InChI=1S/C23H18BrNO3S/c1-14-9-19-17(12-25(13-27-19)11-16-6-4-8-29-16)23-21(14)22(26)20(28-23)10-15-5-2-3-7-18(15)24/h2-10H,11-13H2,1H3/b20-10-. The van der Waals surface area contributed by atoms with E-state index in [4.69, 9.17) is 9.47 Å². The molecule has 0 saturated carbocycles. The first-order valence-electron chi connectivity index (χ1n) is 9.33. The second kappa shape index (κ2) is 7.44. The van der Waals surface area contributed by atoms with Crippen LogP contribution in [-0.4, -0.2) is 17.4 Å². The number of ether oxygens (including phenoxy) is 2. The molecule has 6 heteroatoms. The van der Waals surface area contributed by atoms with Gasteiger partial charge in [0, 0.05) is 22.4 Å². The van der Waals surface area contributed by atoms with Crippen LogP contribution in [0.3, 0.4) is 0 Å². The third-order valence-corrected chi connectivity index (χ3v) is 6.72. The van der Waals surface area contributed by atoms with Crippen LogP contribution in [0.4, 0.5) is 0 Å². The van der Waals surface area contributed by atoms with Crippen LogP contribution in [0.2, 0.25) is 0 Å². The van der Waals surface area contributed by atoms with E-state index in [1.165, 1.54) is 4.88 Å². The molecule has 0 saturated heterocycles. The lowest BCUT2D eigenvalue weighted by atomic mass is 9.98. The number of hydrogen-bond donors (Lipinski definition) is 0. The topological polar surface area (TPSA) is 38.8 Å². The van der Waals surface area contributed by atoms with Gasteiger partial charge in [0.15, 0.2) is 5.76 Å². The number of carbonyl (C=O) groups excluding carboxylic acids is 1. The number of halogens is 1. The number of fused-ring (bicyclic) bond motifs is 3. The summed E-state index contributed by atoms with van der Waals surface area (Å²) >= 11 is 5.27. The Morgan fingerprint density at radius 1 is 1.24 bits per heavy atom. The summed E-state index contributed by atoms with van der Waals surface area (Å²) in [5.74, 6) is 1.71. The molecule has 2 aromatic carbocycles. The van der Waals surface area contributed by atoms with E-state index < -0.39 is 0 Å². The van der Waals surface area contributed by atoms with E-state index in [1.807, 2.05) is 37.3 Å². The predicted octanol–water partition coefficient (Wildman–Crippen LogP) is 5.79. The minimum Gasteiger partial charge on any atom is -0.478 e. The molecule has 0 spiro atoms. The quantitative estimate of drug-likeness (QED) is 0.457. The van der Waals surface area contributed by atoms with Gasteiger partial charge < -0.3 is 9.47 Å². The van der Waals surface area contributed by atoms with Crippen molar-refractivity contribution in [3.8, 4) is 11.5 Å². The average molecular weight is 468 g/mol. The van der Waals surface area contributed by atoms with Gasteiger partial charge in [0.25, 0.3) is 0 Å². The Morgan fingerprint density at radius 3 is 2.90 bits per heavy atom. The van der Waals surface area contributed by atoms with Gasteiger partial charge in [-0.3, -0.25) is 9.69 Å². The van der Waals surface area contributed by atoms with Gasteiger partial charge in [-0.05, 0) is 47.7 Å². The van der Waals surface area contributed by atoms with Crippen molar-refractivity contribution in [3.63, 3.8) is 0 Å². The summed E-state index contributed by atoms with van der Waals surface area (Å²) in [6.07, 6.45) is 1.80. The summed E-state index contributed by atoms with van der Waals surface area (Å²) in [6.45, 7) is 3.96. The van der Waals surface area contributed by atoms with Gasteiger partial charge in [-0.25, -0.2) is 0 Å². The Labute approximate surface area is 181 Å². The van der Waals surface area contributed by atoms with Crippen LogP contribution in [0.25, 0.3) is 6.08 Å².